The third-order valence-corrected chi connectivity index (χ3v) is 3.15. The lowest BCUT2D eigenvalue weighted by molar-refractivity contribution is 0.0945. The van der Waals surface area contributed by atoms with Crippen LogP contribution in [0.2, 0.25) is 0 Å². The summed E-state index contributed by atoms with van der Waals surface area (Å²) in [5.74, 6) is -0.0648. The highest BCUT2D eigenvalue weighted by atomic mass is 19.1. The monoisotopic (exact) mass is 237 g/mol. The maximum Gasteiger partial charge on any atom is 0.251 e. The van der Waals surface area contributed by atoms with Crippen LogP contribution in [0.25, 0.3) is 0 Å². The lowest BCUT2D eigenvalue weighted by Crippen LogP contribution is -2.29. The first-order valence-corrected chi connectivity index (χ1v) is 6.12. The Morgan fingerprint density at radius 3 is 2.59 bits per heavy atom. The van der Waals surface area contributed by atoms with Gasteiger partial charge in [-0.2, -0.15) is 0 Å². The van der Waals surface area contributed by atoms with E-state index in [-0.39, 0.29) is 11.7 Å². The van der Waals surface area contributed by atoms with E-state index in [0.29, 0.717) is 18.0 Å². The van der Waals surface area contributed by atoms with Crippen molar-refractivity contribution in [1.29, 1.82) is 0 Å². The number of amides is 1. The molecular formula is C14H20FNO. The number of nitrogens with one attached hydrogen (secondary N) is 1. The highest BCUT2D eigenvalue weighted by Gasteiger charge is 2.11. The molecule has 1 aromatic rings. The van der Waals surface area contributed by atoms with Crippen LogP contribution in [0.4, 0.5) is 4.39 Å². The van der Waals surface area contributed by atoms with Crippen LogP contribution < -0.4 is 5.32 Å². The molecule has 2 nitrogen and oxygen atoms in total. The molecule has 1 N–H and O–H groups in total. The third kappa shape index (κ3) is 3.84. The van der Waals surface area contributed by atoms with Gasteiger partial charge in [-0.05, 0) is 30.5 Å². The van der Waals surface area contributed by atoms with Gasteiger partial charge in [-0.25, -0.2) is 4.39 Å². The van der Waals surface area contributed by atoms with Crippen molar-refractivity contribution < 1.29 is 9.18 Å². The first-order chi connectivity index (χ1) is 8.08. The van der Waals surface area contributed by atoms with E-state index in [4.69, 9.17) is 0 Å². The van der Waals surface area contributed by atoms with Crippen LogP contribution in [0.3, 0.4) is 0 Å². The number of halogens is 1. The second-order valence-electron chi connectivity index (χ2n) is 4.35. The fourth-order valence-electron chi connectivity index (χ4n) is 1.75. The van der Waals surface area contributed by atoms with Gasteiger partial charge in [0.1, 0.15) is 5.82 Å². The summed E-state index contributed by atoms with van der Waals surface area (Å²) in [6, 6.07) is 4.28. The molecule has 3 heteroatoms. The van der Waals surface area contributed by atoms with Gasteiger partial charge in [-0.1, -0.05) is 32.8 Å². The molecule has 1 amide bonds. The fraction of sp³-hybridized carbons (Fsp3) is 0.500. The molecule has 0 fully saturated rings. The fourth-order valence-corrected chi connectivity index (χ4v) is 1.75. The minimum absolute atomic E-state index is 0.186. The summed E-state index contributed by atoms with van der Waals surface area (Å²) >= 11 is 0. The molecule has 1 aromatic carbocycles. The average molecular weight is 237 g/mol. The van der Waals surface area contributed by atoms with E-state index in [0.717, 1.165) is 18.4 Å². The van der Waals surface area contributed by atoms with Gasteiger partial charge in [-0.15, -0.1) is 0 Å². The number of hydrogen-bond donors (Lipinski definition) is 1. The predicted molar refractivity (Wildman–Crippen MR) is 67.5 cm³/mol. The summed E-state index contributed by atoms with van der Waals surface area (Å²) in [5, 5.41) is 2.86. The molecule has 0 unspecified atom stereocenters. The first-order valence-electron chi connectivity index (χ1n) is 6.12. The molecule has 0 atom stereocenters. The Bertz CT molecular complexity index is 386. The normalized spacial score (nSPS) is 10.6. The number of carbonyl (C=O) groups is 1. The maximum atomic E-state index is 13.1. The molecule has 0 saturated heterocycles. The topological polar surface area (TPSA) is 29.1 Å². The lowest BCUT2D eigenvalue weighted by Gasteiger charge is -2.14. The largest absolute Gasteiger partial charge is 0.352 e. The minimum Gasteiger partial charge on any atom is -0.352 e. The van der Waals surface area contributed by atoms with Gasteiger partial charge in [0.05, 0.1) is 0 Å². The Morgan fingerprint density at radius 1 is 1.35 bits per heavy atom. The quantitative estimate of drug-likeness (QED) is 0.836. The van der Waals surface area contributed by atoms with Crippen LogP contribution in [0.1, 0.15) is 42.6 Å². The molecule has 0 radical (unpaired) electrons. The average Bonchev–Trinajstić information content (AvgIpc) is 2.33. The van der Waals surface area contributed by atoms with Crippen LogP contribution >= 0.6 is 0 Å². The van der Waals surface area contributed by atoms with E-state index >= 15 is 0 Å². The van der Waals surface area contributed by atoms with Gasteiger partial charge in [0.15, 0.2) is 0 Å². The van der Waals surface area contributed by atoms with Crippen molar-refractivity contribution >= 4 is 5.91 Å². The molecule has 0 aliphatic carbocycles. The highest BCUT2D eigenvalue weighted by molar-refractivity contribution is 5.95. The van der Waals surface area contributed by atoms with Gasteiger partial charge in [0.2, 0.25) is 0 Å². The van der Waals surface area contributed by atoms with Crippen LogP contribution in [-0.2, 0) is 0 Å². The molecule has 94 valence electrons. The predicted octanol–water partition coefficient (Wildman–Crippen LogP) is 3.30. The van der Waals surface area contributed by atoms with Crippen molar-refractivity contribution in [2.24, 2.45) is 5.92 Å². The van der Waals surface area contributed by atoms with Crippen molar-refractivity contribution in [2.45, 2.75) is 33.6 Å². The van der Waals surface area contributed by atoms with Crippen molar-refractivity contribution in [1.82, 2.24) is 5.32 Å². The Morgan fingerprint density at radius 2 is 2.00 bits per heavy atom. The van der Waals surface area contributed by atoms with Crippen molar-refractivity contribution in [3.63, 3.8) is 0 Å². The first kappa shape index (κ1) is 13.7. The van der Waals surface area contributed by atoms with E-state index in [9.17, 15) is 9.18 Å². The molecular weight excluding hydrogens is 217 g/mol. The van der Waals surface area contributed by atoms with Crippen molar-refractivity contribution in [3.8, 4) is 0 Å². The molecule has 1 rings (SSSR count). The van der Waals surface area contributed by atoms with E-state index in [2.05, 4.69) is 19.2 Å². The van der Waals surface area contributed by atoms with E-state index < -0.39 is 0 Å². The van der Waals surface area contributed by atoms with Gasteiger partial charge in [-0.3, -0.25) is 4.79 Å². The summed E-state index contributed by atoms with van der Waals surface area (Å²) in [6.45, 7) is 6.68. The summed E-state index contributed by atoms with van der Waals surface area (Å²) in [5.41, 5.74) is 1.23. The molecule has 0 aliphatic heterocycles. The second kappa shape index (κ2) is 6.38. The van der Waals surface area contributed by atoms with Crippen LogP contribution in [-0.4, -0.2) is 12.5 Å². The summed E-state index contributed by atoms with van der Waals surface area (Å²) in [6.07, 6.45) is 2.08. The zero-order valence-corrected chi connectivity index (χ0v) is 10.7. The SMILES string of the molecule is CCC(CC)CNC(=O)c1cc(F)ccc1C. The third-order valence-electron chi connectivity index (χ3n) is 3.15. The lowest BCUT2D eigenvalue weighted by atomic mass is 10.0. The molecule has 17 heavy (non-hydrogen) atoms. The highest BCUT2D eigenvalue weighted by Crippen LogP contribution is 2.11. The summed E-state index contributed by atoms with van der Waals surface area (Å²) < 4.78 is 13.1. The van der Waals surface area contributed by atoms with Crippen molar-refractivity contribution in [3.05, 3.63) is 35.1 Å². The summed E-state index contributed by atoms with van der Waals surface area (Å²) in [4.78, 5) is 11.9. The standard InChI is InChI=1S/C14H20FNO/c1-4-11(5-2)9-16-14(17)13-8-12(15)7-6-10(13)3/h6-8,11H,4-5,9H2,1-3H3,(H,16,17). The number of carbonyl (C=O) groups excluding carboxylic acids is 1. The van der Waals surface area contributed by atoms with Crippen LogP contribution in [0, 0.1) is 18.7 Å². The van der Waals surface area contributed by atoms with Crippen molar-refractivity contribution in [2.75, 3.05) is 6.54 Å². The molecule has 0 heterocycles. The van der Waals surface area contributed by atoms with E-state index in [1.165, 1.54) is 12.1 Å². The smallest absolute Gasteiger partial charge is 0.251 e. The molecule has 0 aromatic heterocycles. The number of aryl methyl sites for hydroxylation is 1. The van der Waals surface area contributed by atoms with E-state index in [1.807, 2.05) is 6.92 Å². The molecule has 0 aliphatic rings. The Hall–Kier alpha value is -1.38. The molecule has 0 spiro atoms. The van der Waals surface area contributed by atoms with Gasteiger partial charge in [0.25, 0.3) is 5.91 Å². The second-order valence-corrected chi connectivity index (χ2v) is 4.35. The van der Waals surface area contributed by atoms with Crippen LogP contribution in [0.15, 0.2) is 18.2 Å². The number of benzene rings is 1. The van der Waals surface area contributed by atoms with E-state index in [1.54, 1.807) is 6.07 Å². The zero-order valence-electron chi connectivity index (χ0n) is 10.7. The maximum absolute atomic E-state index is 13.1. The Kier molecular flexibility index (Phi) is 5.13. The Balaban J connectivity index is 2.66. The van der Waals surface area contributed by atoms with Gasteiger partial charge in [0, 0.05) is 12.1 Å². The van der Waals surface area contributed by atoms with Gasteiger partial charge >= 0.3 is 0 Å². The number of rotatable bonds is 5. The summed E-state index contributed by atoms with van der Waals surface area (Å²) in [7, 11) is 0. The molecule has 0 bridgehead atoms. The minimum atomic E-state index is -0.372. The molecule has 0 saturated carbocycles. The Labute approximate surface area is 102 Å². The number of hydrogen-bond acceptors (Lipinski definition) is 1. The zero-order chi connectivity index (χ0) is 12.8. The van der Waals surface area contributed by atoms with Crippen LogP contribution in [0.5, 0.6) is 0 Å². The van der Waals surface area contributed by atoms with Gasteiger partial charge < -0.3 is 5.32 Å².